The predicted molar refractivity (Wildman–Crippen MR) is 298 cm³/mol. The molecule has 0 radical (unpaired) electrons. The van der Waals surface area contributed by atoms with Gasteiger partial charge in [-0.05, 0) is 96.1 Å². The lowest BCUT2D eigenvalue weighted by atomic mass is 9.49. The number of aliphatic hydroxyl groups excluding tert-OH is 5. The third kappa shape index (κ3) is 12.0. The fraction of sp³-hybridized carbons (Fsp3) is 0.787. The molecule has 7 N–H and O–H groups in total. The molecule has 23 nitrogen and oxygen atoms in total. The van der Waals surface area contributed by atoms with Crippen LogP contribution in [0.2, 0.25) is 0 Å². The number of carbonyl (C=O) groups is 3. The summed E-state index contributed by atoms with van der Waals surface area (Å²) in [7, 11) is 2.69. The quantitative estimate of drug-likeness (QED) is 0.0550. The van der Waals surface area contributed by atoms with Crippen molar-refractivity contribution in [3.8, 4) is 0 Å². The number of carbonyl (C=O) groups excluding carboxylic acids is 3. The molecule has 1 amide bonds. The molecular weight excluding hydrogens is 1100 g/mol. The SMILES string of the molecule is COC(=O)N[C@@H]1[C@H](C)O[C@@H](OC2CC=C(C)[C@H]3C=C[C@H]4[C@H](O[C@@H]5C[C@@H](O[C@@H]6C[C@@H](O)[C@@H](O[C@@H]7C[C@@H](O)[C@@H](OC)[C@H](C)O7)[C@H](C)O6)[C@@H](O)[C@H](C)O5)[C@H](C)C[C@@H](C)[C@@H]4[C@@]3(C)C(O)=C3C(=O)OC4(C[C@H](C)C(CO)=C[C@H]4C=C2C)C3=O)C[C@@]1(C)N([O-])O. The third-order valence-corrected chi connectivity index (χ3v) is 20.3. The van der Waals surface area contributed by atoms with Gasteiger partial charge in [-0.3, -0.25) is 10.0 Å². The molecule has 1 saturated carbocycles. The number of aliphatic hydroxyl groups is 5. The highest BCUT2D eigenvalue weighted by molar-refractivity contribution is 6.26. The first kappa shape index (κ1) is 64.7. The van der Waals surface area contributed by atoms with Crippen LogP contribution in [-0.2, 0) is 61.7 Å². The van der Waals surface area contributed by atoms with Crippen LogP contribution in [0.5, 0.6) is 0 Å². The van der Waals surface area contributed by atoms with Gasteiger partial charge >= 0.3 is 12.1 Å². The lowest BCUT2D eigenvalue weighted by molar-refractivity contribution is -0.335. The maximum absolute atomic E-state index is 15.6. The van der Waals surface area contributed by atoms with Crippen molar-refractivity contribution in [3.05, 3.63) is 63.6 Å². The Morgan fingerprint density at radius 2 is 1.38 bits per heavy atom. The Morgan fingerprint density at radius 3 is 2.01 bits per heavy atom. The molecule has 5 aliphatic heterocycles. The summed E-state index contributed by atoms with van der Waals surface area (Å²) in [5.74, 6) is -5.03. The molecule has 0 aromatic heterocycles. The van der Waals surface area contributed by atoms with E-state index in [0.29, 0.717) is 17.6 Å². The average molecular weight is 1190 g/mol. The molecule has 5 saturated heterocycles. The van der Waals surface area contributed by atoms with E-state index in [1.165, 1.54) is 21.1 Å². The van der Waals surface area contributed by atoms with Gasteiger partial charge in [-0.25, -0.2) is 9.59 Å². The molecule has 6 fully saturated rings. The fourth-order valence-electron chi connectivity index (χ4n) is 15.8. The minimum Gasteiger partial charge on any atom is -0.762 e. The normalized spacial score (nSPS) is 47.4. The van der Waals surface area contributed by atoms with Crippen LogP contribution in [0.25, 0.3) is 0 Å². The minimum atomic E-state index is -1.81. The monoisotopic (exact) mass is 1190 g/mol. The number of Topliss-reactive ketones (excluding diaryl/α,β-unsaturated/α-hetero) is 1. The molecule has 472 valence electrons. The number of allylic oxidation sites excluding steroid dienone is 3. The van der Waals surface area contributed by atoms with Gasteiger partial charge in [0.25, 0.3) is 0 Å². The van der Waals surface area contributed by atoms with Gasteiger partial charge in [0.05, 0.1) is 80.2 Å². The van der Waals surface area contributed by atoms with E-state index in [-0.39, 0.29) is 68.0 Å². The first-order valence-electron chi connectivity index (χ1n) is 30.0. The lowest BCUT2D eigenvalue weighted by Gasteiger charge is -2.56. The summed E-state index contributed by atoms with van der Waals surface area (Å²) in [6, 6.07) is -1.02. The van der Waals surface area contributed by atoms with E-state index < -0.39 is 174 Å². The first-order chi connectivity index (χ1) is 39.6. The van der Waals surface area contributed by atoms with E-state index in [0.717, 1.165) is 5.57 Å². The van der Waals surface area contributed by atoms with Gasteiger partial charge in [-0.1, -0.05) is 63.6 Å². The molecule has 0 aromatic rings. The Labute approximate surface area is 492 Å². The largest absolute Gasteiger partial charge is 0.762 e. The molecule has 5 heterocycles. The summed E-state index contributed by atoms with van der Waals surface area (Å²) in [6.45, 7) is 19.7. The van der Waals surface area contributed by atoms with Crippen molar-refractivity contribution < 1.29 is 97.2 Å². The molecule has 2 unspecified atom stereocenters. The number of hydrogen-bond acceptors (Lipinski definition) is 22. The van der Waals surface area contributed by atoms with Crippen molar-refractivity contribution in [2.24, 2.45) is 46.8 Å². The zero-order valence-electron chi connectivity index (χ0n) is 50.7. The summed E-state index contributed by atoms with van der Waals surface area (Å²) >= 11 is 0. The van der Waals surface area contributed by atoms with Crippen LogP contribution in [0.1, 0.15) is 121 Å². The van der Waals surface area contributed by atoms with Crippen molar-refractivity contribution in [2.75, 3.05) is 20.8 Å². The Balaban J connectivity index is 1.01. The number of nitrogens with one attached hydrogen (secondary N) is 1. The van der Waals surface area contributed by atoms with Crippen LogP contribution in [0.3, 0.4) is 0 Å². The number of alkyl carbamates (subject to hydrolysis) is 1. The van der Waals surface area contributed by atoms with Crippen molar-refractivity contribution in [1.82, 2.24) is 10.5 Å². The number of nitrogens with zero attached hydrogens (tertiary/aromatic N) is 1. The van der Waals surface area contributed by atoms with Crippen LogP contribution in [0.4, 0.5) is 4.79 Å². The van der Waals surface area contributed by atoms with Gasteiger partial charge in [-0.15, -0.1) is 0 Å². The Kier molecular flexibility index (Phi) is 19.6. The number of amides is 1. The Hall–Kier alpha value is -3.73. The number of rotatable bonds is 12. The van der Waals surface area contributed by atoms with Gasteiger partial charge < -0.3 is 93.4 Å². The molecule has 27 atom stereocenters. The van der Waals surface area contributed by atoms with Crippen LogP contribution in [0, 0.1) is 52.0 Å². The third-order valence-electron chi connectivity index (χ3n) is 20.3. The summed E-state index contributed by atoms with van der Waals surface area (Å²) < 4.78 is 68.0. The van der Waals surface area contributed by atoms with Crippen molar-refractivity contribution in [2.45, 2.75) is 237 Å². The molecule has 1 spiro atoms. The first-order valence-corrected chi connectivity index (χ1v) is 30.0. The van der Waals surface area contributed by atoms with Crippen LogP contribution < -0.4 is 5.32 Å². The van der Waals surface area contributed by atoms with Crippen LogP contribution in [-0.4, -0.2) is 190 Å². The van der Waals surface area contributed by atoms with E-state index in [9.17, 15) is 45.5 Å². The summed E-state index contributed by atoms with van der Waals surface area (Å²) in [4.78, 5) is 42.7. The lowest BCUT2D eigenvalue weighted by Crippen LogP contribution is -2.67. The van der Waals surface area contributed by atoms with Crippen molar-refractivity contribution in [1.29, 1.82) is 0 Å². The van der Waals surface area contributed by atoms with Gasteiger partial charge in [0.15, 0.2) is 30.8 Å². The second-order valence-corrected chi connectivity index (χ2v) is 26.0. The van der Waals surface area contributed by atoms with Gasteiger partial charge in [0.2, 0.25) is 5.78 Å². The highest BCUT2D eigenvalue weighted by Gasteiger charge is 2.64. The van der Waals surface area contributed by atoms with E-state index in [2.05, 4.69) is 25.2 Å². The van der Waals surface area contributed by atoms with E-state index in [4.69, 9.17) is 52.1 Å². The topological polar surface area (TPSA) is 312 Å². The van der Waals surface area contributed by atoms with E-state index in [1.807, 2.05) is 39.8 Å². The predicted octanol–water partition coefficient (Wildman–Crippen LogP) is 5.49. The molecular formula is C61H91N2O21-. The van der Waals surface area contributed by atoms with Gasteiger partial charge in [-0.2, -0.15) is 0 Å². The number of methoxy groups -OCH3 is 2. The number of ketones is 1. The van der Waals surface area contributed by atoms with Crippen molar-refractivity contribution in [3.63, 3.8) is 0 Å². The van der Waals surface area contributed by atoms with E-state index in [1.54, 1.807) is 39.8 Å². The molecule has 9 rings (SSSR count). The minimum absolute atomic E-state index is 0.0115. The van der Waals surface area contributed by atoms with Crippen LogP contribution in [0.15, 0.2) is 58.4 Å². The number of ether oxygens (including phenoxy) is 11. The second-order valence-electron chi connectivity index (χ2n) is 26.0. The molecule has 23 heteroatoms. The highest BCUT2D eigenvalue weighted by Crippen LogP contribution is 2.61. The van der Waals surface area contributed by atoms with Gasteiger partial charge in [0, 0.05) is 62.4 Å². The van der Waals surface area contributed by atoms with Crippen molar-refractivity contribution >= 4 is 17.8 Å². The zero-order valence-corrected chi connectivity index (χ0v) is 50.7. The highest BCUT2D eigenvalue weighted by atomic mass is 16.8. The van der Waals surface area contributed by atoms with E-state index >= 15 is 4.79 Å². The number of hydrogen-bond donors (Lipinski definition) is 7. The molecule has 2 bridgehead atoms. The summed E-state index contributed by atoms with van der Waals surface area (Å²) in [6.07, 6.45) is -3.27. The van der Waals surface area contributed by atoms with Crippen LogP contribution >= 0.6 is 0 Å². The maximum atomic E-state index is 15.6. The molecule has 84 heavy (non-hydrogen) atoms. The number of hydroxylamine groups is 2. The molecule has 9 aliphatic rings. The maximum Gasteiger partial charge on any atom is 0.407 e. The number of esters is 1. The average Bonchev–Trinajstić information content (AvgIpc) is 2.80. The summed E-state index contributed by atoms with van der Waals surface area (Å²) in [5.41, 5.74) is -3.21. The molecule has 4 aliphatic carbocycles. The standard InChI is InChI=1S/C61H91N2O21/c1-27-14-17-42(80-47-25-59(10,63(72)73)54(35(9)79-47)62-58(71)75-13)28(2)19-37-20-36(26-64)31(5)24-61(37)56(69)48(57(70)84-61)55(68)60(11)39(27)16-15-38-49(60)29(3)18-30(4)51(38)82-46-23-43(50(67)32(6)76-46)81-44-22-41(66)53(34(8)78-44)83-45-21-40(65)52(74-12)33(7)77-45/h14-16,19-20,29-35,37-47,49-54,64-68,72H,17-18,21-26H2,1-13H3,(H,62,71)/q-1/t29-,30-,31+,32+,33+,34+,35+,37-,38-,39-,40-,41-,42?,43-,44-,45-,46-,47+,49+,50+,51-,52+,53+,54-,59-,60+,61?/m1/s1. The van der Waals surface area contributed by atoms with Gasteiger partial charge in [0.1, 0.15) is 29.6 Å². The Morgan fingerprint density at radius 1 is 0.762 bits per heavy atom. The summed E-state index contributed by atoms with van der Waals surface area (Å²) in [5, 5.41) is 83.4. The Bertz CT molecular complexity index is 2550. The zero-order chi connectivity index (χ0) is 61.2. The molecule has 0 aromatic carbocycles. The second kappa shape index (κ2) is 25.4. The fourth-order valence-corrected chi connectivity index (χ4v) is 15.8. The number of fused-ring (bicyclic) bond motifs is 4. The smallest absolute Gasteiger partial charge is 0.407 e.